The highest BCUT2D eigenvalue weighted by Gasteiger charge is 2.12. The Balaban J connectivity index is 3.11. The van der Waals surface area contributed by atoms with Crippen LogP contribution >= 0.6 is 11.6 Å². The summed E-state index contributed by atoms with van der Waals surface area (Å²) in [5.74, 6) is 0.512. The van der Waals surface area contributed by atoms with Crippen LogP contribution in [-0.4, -0.2) is 29.5 Å². The number of methoxy groups -OCH3 is 1. The van der Waals surface area contributed by atoms with Crippen molar-refractivity contribution in [2.45, 2.75) is 6.54 Å². The van der Waals surface area contributed by atoms with E-state index in [1.54, 1.807) is 6.07 Å². The molecule has 0 atom stereocenters. The first-order valence-corrected chi connectivity index (χ1v) is 4.38. The predicted octanol–water partition coefficient (Wildman–Crippen LogP) is 1.88. The molecule has 1 rings (SSSR count). The number of hydroxylamine groups is 2. The molecule has 1 aromatic rings. The minimum absolute atomic E-state index is 0.0386. The Kier molecular flexibility index (Phi) is 3.57. The zero-order valence-electron chi connectivity index (χ0n) is 7.99. The van der Waals surface area contributed by atoms with Gasteiger partial charge < -0.3 is 15.1 Å². The van der Waals surface area contributed by atoms with Crippen molar-refractivity contribution in [1.29, 1.82) is 0 Å². The molecule has 0 aliphatic heterocycles. The Hall–Kier alpha value is -0.970. The van der Waals surface area contributed by atoms with Crippen LogP contribution in [0.3, 0.4) is 0 Å². The fourth-order valence-electron chi connectivity index (χ4n) is 1.13. The van der Waals surface area contributed by atoms with Crippen molar-refractivity contribution in [1.82, 2.24) is 5.06 Å². The molecule has 4 nitrogen and oxygen atoms in total. The van der Waals surface area contributed by atoms with Crippen molar-refractivity contribution in [3.8, 4) is 11.5 Å². The molecule has 14 heavy (non-hydrogen) atoms. The molecule has 0 aliphatic carbocycles. The van der Waals surface area contributed by atoms with E-state index >= 15 is 0 Å². The minimum atomic E-state index is 0.0386. The second-order valence-electron chi connectivity index (χ2n) is 2.90. The summed E-state index contributed by atoms with van der Waals surface area (Å²) in [4.78, 5) is 0. The Morgan fingerprint density at radius 1 is 1.50 bits per heavy atom. The van der Waals surface area contributed by atoms with Gasteiger partial charge in [-0.05, 0) is 12.1 Å². The Morgan fingerprint density at radius 3 is 2.64 bits per heavy atom. The van der Waals surface area contributed by atoms with Gasteiger partial charge in [0.1, 0.15) is 11.5 Å². The van der Waals surface area contributed by atoms with Gasteiger partial charge in [-0.2, -0.15) is 5.06 Å². The van der Waals surface area contributed by atoms with Gasteiger partial charge >= 0.3 is 0 Å². The highest BCUT2D eigenvalue weighted by Crippen LogP contribution is 2.34. The van der Waals surface area contributed by atoms with E-state index in [-0.39, 0.29) is 12.3 Å². The number of benzene rings is 1. The number of rotatable bonds is 3. The van der Waals surface area contributed by atoms with E-state index in [0.717, 1.165) is 5.06 Å². The molecule has 0 unspecified atom stereocenters. The largest absolute Gasteiger partial charge is 0.508 e. The molecule has 0 aliphatic rings. The number of phenols is 1. The SMILES string of the molecule is COc1ccc(O)c(CN(C)O)c1Cl. The molecular weight excluding hydrogens is 206 g/mol. The molecule has 0 aromatic heterocycles. The van der Waals surface area contributed by atoms with Crippen molar-refractivity contribution < 1.29 is 15.1 Å². The number of hydrogen-bond donors (Lipinski definition) is 2. The van der Waals surface area contributed by atoms with Gasteiger partial charge in [0.15, 0.2) is 0 Å². The van der Waals surface area contributed by atoms with Crippen LogP contribution in [0.25, 0.3) is 0 Å². The van der Waals surface area contributed by atoms with E-state index in [1.165, 1.54) is 20.2 Å². The molecule has 0 amide bonds. The summed E-state index contributed by atoms with van der Waals surface area (Å²) in [6.45, 7) is 0.141. The number of ether oxygens (including phenoxy) is 1. The monoisotopic (exact) mass is 217 g/mol. The molecule has 2 N–H and O–H groups in total. The van der Waals surface area contributed by atoms with Gasteiger partial charge in [-0.15, -0.1) is 0 Å². The lowest BCUT2D eigenvalue weighted by Gasteiger charge is -2.13. The zero-order valence-corrected chi connectivity index (χ0v) is 8.75. The van der Waals surface area contributed by atoms with Gasteiger partial charge in [0.2, 0.25) is 0 Å². The van der Waals surface area contributed by atoms with Crippen molar-refractivity contribution in [3.05, 3.63) is 22.7 Å². The average molecular weight is 218 g/mol. The van der Waals surface area contributed by atoms with Crippen LogP contribution in [0.2, 0.25) is 5.02 Å². The molecule has 0 saturated carbocycles. The first kappa shape index (κ1) is 11.1. The molecule has 1 aromatic carbocycles. The molecule has 0 fully saturated rings. The molecule has 0 bridgehead atoms. The van der Waals surface area contributed by atoms with Crippen LogP contribution in [0, 0.1) is 0 Å². The number of hydrogen-bond acceptors (Lipinski definition) is 4. The van der Waals surface area contributed by atoms with Crippen LogP contribution in [0.1, 0.15) is 5.56 Å². The minimum Gasteiger partial charge on any atom is -0.508 e. The lowest BCUT2D eigenvalue weighted by Crippen LogP contribution is -2.12. The van der Waals surface area contributed by atoms with Gasteiger partial charge in [0, 0.05) is 12.6 Å². The summed E-state index contributed by atoms with van der Waals surface area (Å²) in [6, 6.07) is 3.04. The summed E-state index contributed by atoms with van der Waals surface area (Å²) in [6.07, 6.45) is 0. The molecular formula is C9H12ClNO3. The third-order valence-corrected chi connectivity index (χ3v) is 2.20. The molecule has 0 spiro atoms. The lowest BCUT2D eigenvalue weighted by atomic mass is 10.2. The summed E-state index contributed by atoms with van der Waals surface area (Å²) < 4.78 is 4.98. The summed E-state index contributed by atoms with van der Waals surface area (Å²) in [5.41, 5.74) is 0.441. The quantitative estimate of drug-likeness (QED) is 0.759. The van der Waals surface area contributed by atoms with E-state index in [2.05, 4.69) is 0 Å². The highest BCUT2D eigenvalue weighted by molar-refractivity contribution is 6.33. The topological polar surface area (TPSA) is 52.9 Å². The third kappa shape index (κ3) is 2.29. The number of phenolic OH excluding ortho intramolecular Hbond substituents is 1. The van der Waals surface area contributed by atoms with Gasteiger partial charge in [-0.25, -0.2) is 0 Å². The predicted molar refractivity (Wildman–Crippen MR) is 52.9 cm³/mol. The van der Waals surface area contributed by atoms with E-state index in [9.17, 15) is 5.11 Å². The van der Waals surface area contributed by atoms with Crippen molar-refractivity contribution in [2.75, 3.05) is 14.2 Å². The fourth-order valence-corrected chi connectivity index (χ4v) is 1.42. The van der Waals surface area contributed by atoms with Crippen LogP contribution in [0.5, 0.6) is 11.5 Å². The van der Waals surface area contributed by atoms with Gasteiger partial charge in [-0.1, -0.05) is 11.6 Å². The average Bonchev–Trinajstić information content (AvgIpc) is 2.12. The van der Waals surface area contributed by atoms with E-state index in [1.807, 2.05) is 0 Å². The lowest BCUT2D eigenvalue weighted by molar-refractivity contribution is -0.0735. The second kappa shape index (κ2) is 4.50. The molecule has 0 saturated heterocycles. The van der Waals surface area contributed by atoms with E-state index < -0.39 is 0 Å². The second-order valence-corrected chi connectivity index (χ2v) is 3.27. The summed E-state index contributed by atoms with van der Waals surface area (Å²) in [7, 11) is 2.96. The summed E-state index contributed by atoms with van der Waals surface area (Å²) >= 11 is 5.94. The maximum atomic E-state index is 9.48. The van der Waals surface area contributed by atoms with Crippen molar-refractivity contribution in [3.63, 3.8) is 0 Å². The molecule has 5 heteroatoms. The normalized spacial score (nSPS) is 10.6. The smallest absolute Gasteiger partial charge is 0.138 e. The van der Waals surface area contributed by atoms with Gasteiger partial charge in [0.25, 0.3) is 0 Å². The van der Waals surface area contributed by atoms with Crippen LogP contribution in [-0.2, 0) is 6.54 Å². The third-order valence-electron chi connectivity index (χ3n) is 1.79. The van der Waals surface area contributed by atoms with Gasteiger partial charge in [-0.3, -0.25) is 0 Å². The number of nitrogens with zero attached hydrogens (tertiary/aromatic N) is 1. The highest BCUT2D eigenvalue weighted by atomic mass is 35.5. The zero-order chi connectivity index (χ0) is 10.7. The fraction of sp³-hybridized carbons (Fsp3) is 0.333. The van der Waals surface area contributed by atoms with Crippen molar-refractivity contribution in [2.24, 2.45) is 0 Å². The first-order chi connectivity index (χ1) is 6.56. The van der Waals surface area contributed by atoms with E-state index in [0.29, 0.717) is 16.3 Å². The van der Waals surface area contributed by atoms with Crippen molar-refractivity contribution >= 4 is 11.6 Å². The standard InChI is InChI=1S/C9H12ClNO3/c1-11(13)5-6-7(12)3-4-8(14-2)9(6)10/h3-4,12-13H,5H2,1-2H3. The number of aromatic hydroxyl groups is 1. The number of halogens is 1. The first-order valence-electron chi connectivity index (χ1n) is 4.00. The van der Waals surface area contributed by atoms with E-state index in [4.69, 9.17) is 21.5 Å². The maximum Gasteiger partial charge on any atom is 0.138 e. The Bertz CT molecular complexity index is 328. The molecule has 78 valence electrons. The Morgan fingerprint density at radius 2 is 2.14 bits per heavy atom. The summed E-state index contributed by atoms with van der Waals surface area (Å²) in [5, 5.41) is 19.8. The van der Waals surface area contributed by atoms with Crippen LogP contribution < -0.4 is 4.74 Å². The molecule has 0 heterocycles. The van der Waals surface area contributed by atoms with Crippen LogP contribution in [0.15, 0.2) is 12.1 Å². The molecule has 0 radical (unpaired) electrons. The van der Waals surface area contributed by atoms with Crippen LogP contribution in [0.4, 0.5) is 0 Å². The van der Waals surface area contributed by atoms with Gasteiger partial charge in [0.05, 0.1) is 18.7 Å². The Labute approximate surface area is 87.2 Å². The maximum absolute atomic E-state index is 9.48.